The zero-order valence-corrected chi connectivity index (χ0v) is 21.3. The van der Waals surface area contributed by atoms with Crippen LogP contribution < -0.4 is 16.7 Å². The Morgan fingerprint density at radius 3 is 2.00 bits per heavy atom. The van der Waals surface area contributed by atoms with Gasteiger partial charge in [0.1, 0.15) is 5.82 Å². The van der Waals surface area contributed by atoms with Crippen molar-refractivity contribution in [2.45, 2.75) is 12.0 Å². The minimum Gasteiger partial charge on any atom is -0.325 e. The molecule has 39 heavy (non-hydrogen) atoms. The first-order chi connectivity index (χ1) is 18.9. The molecule has 1 atom stereocenters. The molecule has 1 aromatic heterocycles. The van der Waals surface area contributed by atoms with E-state index < -0.39 is 17.5 Å². The molecule has 7 heteroatoms. The lowest BCUT2D eigenvalue weighted by Crippen LogP contribution is -2.41. The Morgan fingerprint density at radius 1 is 0.846 bits per heavy atom. The lowest BCUT2D eigenvalue weighted by Gasteiger charge is -2.24. The summed E-state index contributed by atoms with van der Waals surface area (Å²) in [5, 5.41) is 2.92. The molecule has 194 valence electrons. The average molecular weight is 519 g/mol. The van der Waals surface area contributed by atoms with Gasteiger partial charge in [0.05, 0.1) is 6.04 Å². The van der Waals surface area contributed by atoms with E-state index in [0.717, 1.165) is 16.7 Å². The SMILES string of the molecule is Cn1cc(-c2ccc(-c3ccc(NC(=O)[C@@H](N)C(c4ccccc4)c4ccccc4)cc3)cc2F)cnc1=O. The summed E-state index contributed by atoms with van der Waals surface area (Å²) in [5.74, 6) is -1.04. The Labute approximate surface area is 225 Å². The third-order valence-corrected chi connectivity index (χ3v) is 6.69. The molecule has 0 fully saturated rings. The van der Waals surface area contributed by atoms with Crippen molar-refractivity contribution in [3.05, 3.63) is 143 Å². The van der Waals surface area contributed by atoms with E-state index >= 15 is 0 Å². The minimum atomic E-state index is -0.817. The highest BCUT2D eigenvalue weighted by Crippen LogP contribution is 2.30. The average Bonchev–Trinajstić information content (AvgIpc) is 2.96. The van der Waals surface area contributed by atoms with Gasteiger partial charge in [-0.25, -0.2) is 14.2 Å². The molecule has 0 saturated carbocycles. The van der Waals surface area contributed by atoms with Crippen LogP contribution in [0.15, 0.2) is 120 Å². The number of halogens is 1. The second-order valence-electron chi connectivity index (χ2n) is 9.32. The third kappa shape index (κ3) is 5.68. The molecule has 0 unspecified atom stereocenters. The molecule has 0 radical (unpaired) electrons. The summed E-state index contributed by atoms with van der Waals surface area (Å²) < 4.78 is 16.3. The van der Waals surface area contributed by atoms with Crippen LogP contribution >= 0.6 is 0 Å². The van der Waals surface area contributed by atoms with Crippen LogP contribution in [-0.4, -0.2) is 21.5 Å². The van der Waals surface area contributed by atoms with E-state index in [1.807, 2.05) is 72.8 Å². The predicted octanol–water partition coefficient (Wildman–Crippen LogP) is 5.35. The molecule has 1 heterocycles. The Hall–Kier alpha value is -4.88. The number of carbonyl (C=O) groups is 1. The fourth-order valence-corrected chi connectivity index (χ4v) is 4.63. The number of nitrogens with two attached hydrogens (primary N) is 1. The normalized spacial score (nSPS) is 11.8. The molecule has 0 aliphatic rings. The van der Waals surface area contributed by atoms with Gasteiger partial charge in [-0.3, -0.25) is 4.79 Å². The molecular formula is C32H27FN4O2. The van der Waals surface area contributed by atoms with Crippen LogP contribution in [0.25, 0.3) is 22.3 Å². The summed E-state index contributed by atoms with van der Waals surface area (Å²) in [6.07, 6.45) is 2.92. The van der Waals surface area contributed by atoms with Crippen molar-refractivity contribution in [2.75, 3.05) is 5.32 Å². The van der Waals surface area contributed by atoms with E-state index in [1.54, 1.807) is 37.5 Å². The molecule has 0 aliphatic carbocycles. The molecule has 0 bridgehead atoms. The molecule has 4 aromatic carbocycles. The first-order valence-corrected chi connectivity index (χ1v) is 12.5. The van der Waals surface area contributed by atoms with Gasteiger partial charge < -0.3 is 15.6 Å². The van der Waals surface area contributed by atoms with Crippen LogP contribution in [0.2, 0.25) is 0 Å². The lowest BCUT2D eigenvalue weighted by atomic mass is 9.85. The molecule has 1 amide bonds. The number of nitrogens with one attached hydrogen (secondary N) is 1. The predicted molar refractivity (Wildman–Crippen MR) is 152 cm³/mol. The number of amides is 1. The molecule has 0 spiro atoms. The van der Waals surface area contributed by atoms with Gasteiger partial charge in [0, 0.05) is 42.2 Å². The van der Waals surface area contributed by atoms with E-state index in [2.05, 4.69) is 10.3 Å². The van der Waals surface area contributed by atoms with Gasteiger partial charge in [0.15, 0.2) is 0 Å². The van der Waals surface area contributed by atoms with Gasteiger partial charge in [-0.15, -0.1) is 0 Å². The van der Waals surface area contributed by atoms with Gasteiger partial charge in [-0.2, -0.15) is 0 Å². The van der Waals surface area contributed by atoms with Gasteiger partial charge in [0.25, 0.3) is 0 Å². The van der Waals surface area contributed by atoms with Crippen LogP contribution in [0.5, 0.6) is 0 Å². The Bertz CT molecular complexity index is 1610. The highest BCUT2D eigenvalue weighted by Gasteiger charge is 2.27. The lowest BCUT2D eigenvalue weighted by molar-refractivity contribution is -0.117. The topological polar surface area (TPSA) is 90.0 Å². The molecule has 5 rings (SSSR count). The second kappa shape index (κ2) is 11.2. The smallest absolute Gasteiger partial charge is 0.325 e. The molecular weight excluding hydrogens is 491 g/mol. The van der Waals surface area contributed by atoms with Gasteiger partial charge in [-0.1, -0.05) is 84.9 Å². The Morgan fingerprint density at radius 2 is 1.44 bits per heavy atom. The Balaban J connectivity index is 1.33. The molecule has 5 aromatic rings. The number of aryl methyl sites for hydroxylation is 1. The number of hydrogen-bond acceptors (Lipinski definition) is 4. The first kappa shape index (κ1) is 25.8. The molecule has 6 nitrogen and oxygen atoms in total. The Kier molecular flexibility index (Phi) is 7.43. The number of aromatic nitrogens is 2. The minimum absolute atomic E-state index is 0.304. The maximum absolute atomic E-state index is 15.0. The van der Waals surface area contributed by atoms with Crippen molar-refractivity contribution in [1.82, 2.24) is 9.55 Å². The van der Waals surface area contributed by atoms with Crippen molar-refractivity contribution in [3.63, 3.8) is 0 Å². The maximum atomic E-state index is 15.0. The fourth-order valence-electron chi connectivity index (χ4n) is 4.63. The van der Waals surface area contributed by atoms with Crippen molar-refractivity contribution >= 4 is 11.6 Å². The van der Waals surface area contributed by atoms with E-state index in [9.17, 15) is 14.0 Å². The van der Waals surface area contributed by atoms with Crippen molar-refractivity contribution in [3.8, 4) is 22.3 Å². The number of carbonyl (C=O) groups excluding carboxylic acids is 1. The van der Waals surface area contributed by atoms with Crippen LogP contribution in [-0.2, 0) is 11.8 Å². The van der Waals surface area contributed by atoms with Crippen molar-refractivity contribution in [1.29, 1.82) is 0 Å². The van der Waals surface area contributed by atoms with E-state index in [4.69, 9.17) is 5.73 Å². The summed E-state index contributed by atoms with van der Waals surface area (Å²) in [4.78, 5) is 28.5. The van der Waals surface area contributed by atoms with Gasteiger partial charge >= 0.3 is 5.69 Å². The maximum Gasteiger partial charge on any atom is 0.347 e. The van der Waals surface area contributed by atoms with Crippen LogP contribution in [0.3, 0.4) is 0 Å². The molecule has 0 saturated heterocycles. The van der Waals surface area contributed by atoms with Crippen molar-refractivity contribution < 1.29 is 9.18 Å². The zero-order chi connectivity index (χ0) is 27.4. The highest BCUT2D eigenvalue weighted by atomic mass is 19.1. The number of benzene rings is 4. The monoisotopic (exact) mass is 518 g/mol. The first-order valence-electron chi connectivity index (χ1n) is 12.5. The van der Waals surface area contributed by atoms with Crippen LogP contribution in [0.1, 0.15) is 17.0 Å². The van der Waals surface area contributed by atoms with Crippen molar-refractivity contribution in [2.24, 2.45) is 12.8 Å². The summed E-state index contributed by atoms with van der Waals surface area (Å²) in [6.45, 7) is 0. The van der Waals surface area contributed by atoms with E-state index in [0.29, 0.717) is 22.4 Å². The van der Waals surface area contributed by atoms with Crippen LogP contribution in [0.4, 0.5) is 10.1 Å². The number of nitrogens with zero attached hydrogens (tertiary/aromatic N) is 2. The second-order valence-corrected chi connectivity index (χ2v) is 9.32. The third-order valence-electron chi connectivity index (χ3n) is 6.69. The van der Waals surface area contributed by atoms with E-state index in [-0.39, 0.29) is 11.8 Å². The number of rotatable bonds is 7. The van der Waals surface area contributed by atoms with Crippen LogP contribution in [0, 0.1) is 5.82 Å². The van der Waals surface area contributed by atoms with Gasteiger partial charge in [-0.05, 0) is 40.5 Å². The zero-order valence-electron chi connectivity index (χ0n) is 21.3. The summed E-state index contributed by atoms with van der Waals surface area (Å²) in [5.41, 5.74) is 10.9. The molecule has 0 aliphatic heterocycles. The van der Waals surface area contributed by atoms with E-state index in [1.165, 1.54) is 16.8 Å². The quantitative estimate of drug-likeness (QED) is 0.304. The fraction of sp³-hybridized carbons (Fsp3) is 0.0938. The number of hydrogen-bond donors (Lipinski definition) is 2. The largest absolute Gasteiger partial charge is 0.347 e. The summed E-state index contributed by atoms with van der Waals surface area (Å²) in [7, 11) is 1.57. The summed E-state index contributed by atoms with van der Waals surface area (Å²) in [6, 6.07) is 30.7. The number of anilines is 1. The summed E-state index contributed by atoms with van der Waals surface area (Å²) >= 11 is 0. The highest BCUT2D eigenvalue weighted by molar-refractivity contribution is 5.96. The molecule has 3 N–H and O–H groups in total. The van der Waals surface area contributed by atoms with Gasteiger partial charge in [0.2, 0.25) is 5.91 Å². The standard InChI is InChI=1S/C32H27FN4O2/c1-37-20-25(19-35-32(37)39)27-17-14-24(18-28(27)33)21-12-15-26(16-13-21)36-31(38)30(34)29(22-8-4-2-5-9-22)23-10-6-3-7-11-23/h2-20,29-30H,34H2,1H3,(H,36,38)/t30-/m0/s1.